The molecule has 0 heterocycles. The number of ketones is 1. The van der Waals surface area contributed by atoms with E-state index >= 15 is 0 Å². The van der Waals surface area contributed by atoms with E-state index in [2.05, 4.69) is 0 Å². The molecule has 0 amide bonds. The summed E-state index contributed by atoms with van der Waals surface area (Å²) in [5, 5.41) is 10.0. The van der Waals surface area contributed by atoms with Gasteiger partial charge in [-0.05, 0) is 24.1 Å². The van der Waals surface area contributed by atoms with Gasteiger partial charge in [0.25, 0.3) is 0 Å². The number of phenols is 1. The largest absolute Gasteiger partial charge is 0.507 e. The predicted molar refractivity (Wildman–Crippen MR) is 87.8 cm³/mol. The van der Waals surface area contributed by atoms with E-state index in [-0.39, 0.29) is 35.2 Å². The summed E-state index contributed by atoms with van der Waals surface area (Å²) in [7, 11) is 0. The third kappa shape index (κ3) is 4.19. The molecule has 0 aliphatic rings. The van der Waals surface area contributed by atoms with Crippen LogP contribution in [0.15, 0.2) is 42.5 Å². The molecule has 0 saturated carbocycles. The van der Waals surface area contributed by atoms with Crippen molar-refractivity contribution in [2.24, 2.45) is 5.92 Å². The second-order valence-corrected chi connectivity index (χ2v) is 5.79. The number of aromatic hydroxyl groups is 1. The molecular formula is C19H20O4. The first-order chi connectivity index (χ1) is 10.9. The Morgan fingerprint density at radius 2 is 1.78 bits per heavy atom. The van der Waals surface area contributed by atoms with E-state index in [1.54, 1.807) is 26.8 Å². The van der Waals surface area contributed by atoms with Crippen LogP contribution in [0.3, 0.4) is 0 Å². The van der Waals surface area contributed by atoms with Crippen molar-refractivity contribution in [3.05, 3.63) is 59.2 Å². The van der Waals surface area contributed by atoms with Crippen molar-refractivity contribution < 1.29 is 19.4 Å². The van der Waals surface area contributed by atoms with Crippen LogP contribution in [0, 0.1) is 12.8 Å². The van der Waals surface area contributed by atoms with Crippen LogP contribution in [-0.4, -0.2) is 16.9 Å². The number of benzene rings is 2. The zero-order valence-corrected chi connectivity index (χ0v) is 13.5. The standard InChI is InChI=1S/C19H20O4/c1-12(2)19(22)15-9-13(3)17(11-16(15)20)23-18(21)10-14-7-5-4-6-8-14/h4-9,11-12,20H,10H2,1-3H3. The fraction of sp³-hybridized carbons (Fsp3) is 0.263. The molecule has 4 nitrogen and oxygen atoms in total. The Labute approximate surface area is 135 Å². The average Bonchev–Trinajstić information content (AvgIpc) is 2.50. The van der Waals surface area contributed by atoms with Crippen LogP contribution >= 0.6 is 0 Å². The SMILES string of the molecule is Cc1cc(C(=O)C(C)C)c(O)cc1OC(=O)Cc1ccccc1. The molecule has 0 atom stereocenters. The van der Waals surface area contributed by atoms with Crippen LogP contribution in [0.4, 0.5) is 0 Å². The second kappa shape index (κ2) is 7.09. The van der Waals surface area contributed by atoms with Crippen LogP contribution in [0.25, 0.3) is 0 Å². The summed E-state index contributed by atoms with van der Waals surface area (Å²) in [5.74, 6) is -0.679. The van der Waals surface area contributed by atoms with Gasteiger partial charge in [-0.25, -0.2) is 0 Å². The number of hydrogen-bond acceptors (Lipinski definition) is 4. The van der Waals surface area contributed by atoms with Gasteiger partial charge in [0.2, 0.25) is 0 Å². The second-order valence-electron chi connectivity index (χ2n) is 5.79. The Bertz CT molecular complexity index is 718. The maximum atomic E-state index is 12.0. The molecule has 0 aliphatic heterocycles. The van der Waals surface area contributed by atoms with Crippen LogP contribution in [0.5, 0.6) is 11.5 Å². The number of ether oxygens (including phenoxy) is 1. The summed E-state index contributed by atoms with van der Waals surface area (Å²) in [6.07, 6.45) is 0.147. The van der Waals surface area contributed by atoms with Crippen LogP contribution in [0.1, 0.15) is 35.3 Å². The van der Waals surface area contributed by atoms with Crippen molar-refractivity contribution in [3.63, 3.8) is 0 Å². The molecule has 2 aromatic carbocycles. The smallest absolute Gasteiger partial charge is 0.315 e. The lowest BCUT2D eigenvalue weighted by Gasteiger charge is -2.12. The Balaban J connectivity index is 2.16. The number of hydrogen-bond donors (Lipinski definition) is 1. The third-order valence-electron chi connectivity index (χ3n) is 3.50. The summed E-state index contributed by atoms with van der Waals surface area (Å²) in [5.41, 5.74) is 1.74. The van der Waals surface area contributed by atoms with Gasteiger partial charge in [-0.3, -0.25) is 9.59 Å². The van der Waals surface area contributed by atoms with E-state index in [4.69, 9.17) is 4.74 Å². The van der Waals surface area contributed by atoms with Crippen molar-refractivity contribution in [1.29, 1.82) is 0 Å². The van der Waals surface area contributed by atoms with E-state index in [9.17, 15) is 14.7 Å². The van der Waals surface area contributed by atoms with Gasteiger partial charge in [0, 0.05) is 12.0 Å². The molecule has 0 aliphatic carbocycles. The maximum Gasteiger partial charge on any atom is 0.315 e. The molecule has 120 valence electrons. The fourth-order valence-electron chi connectivity index (χ4n) is 2.22. The lowest BCUT2D eigenvalue weighted by atomic mass is 9.98. The number of rotatable bonds is 5. The van der Waals surface area contributed by atoms with Crippen LogP contribution in [0.2, 0.25) is 0 Å². The van der Waals surface area contributed by atoms with Crippen molar-refractivity contribution in [2.45, 2.75) is 27.2 Å². The molecule has 2 rings (SSSR count). The van der Waals surface area contributed by atoms with Gasteiger partial charge in [-0.15, -0.1) is 0 Å². The van der Waals surface area contributed by atoms with Crippen LogP contribution in [-0.2, 0) is 11.2 Å². The van der Waals surface area contributed by atoms with Gasteiger partial charge in [0.15, 0.2) is 5.78 Å². The molecule has 2 aromatic rings. The van der Waals surface area contributed by atoms with Gasteiger partial charge < -0.3 is 9.84 Å². The number of Topliss-reactive ketones (excluding diaryl/α,β-unsaturated/α-hetero) is 1. The lowest BCUT2D eigenvalue weighted by Crippen LogP contribution is -2.13. The minimum Gasteiger partial charge on any atom is -0.507 e. The average molecular weight is 312 g/mol. The lowest BCUT2D eigenvalue weighted by molar-refractivity contribution is -0.133. The quantitative estimate of drug-likeness (QED) is 0.519. The van der Waals surface area contributed by atoms with E-state index in [0.29, 0.717) is 5.56 Å². The highest BCUT2D eigenvalue weighted by atomic mass is 16.5. The number of carbonyl (C=O) groups excluding carboxylic acids is 2. The number of phenolic OH excluding ortho intramolecular Hbond substituents is 1. The monoisotopic (exact) mass is 312 g/mol. The molecule has 0 radical (unpaired) electrons. The summed E-state index contributed by atoms with van der Waals surface area (Å²) >= 11 is 0. The highest BCUT2D eigenvalue weighted by molar-refractivity contribution is 6.00. The number of esters is 1. The van der Waals surface area contributed by atoms with E-state index < -0.39 is 5.97 Å². The zero-order valence-electron chi connectivity index (χ0n) is 13.5. The summed E-state index contributed by atoms with van der Waals surface area (Å²) in [4.78, 5) is 24.0. The van der Waals surface area contributed by atoms with Crippen molar-refractivity contribution in [1.82, 2.24) is 0 Å². The molecule has 0 aromatic heterocycles. The molecule has 1 N–H and O–H groups in total. The third-order valence-corrected chi connectivity index (χ3v) is 3.50. The molecule has 0 saturated heterocycles. The van der Waals surface area contributed by atoms with Gasteiger partial charge >= 0.3 is 5.97 Å². The maximum absolute atomic E-state index is 12.0. The number of aryl methyl sites for hydroxylation is 1. The van der Waals surface area contributed by atoms with Crippen molar-refractivity contribution in [3.8, 4) is 11.5 Å². The van der Waals surface area contributed by atoms with E-state index in [1.165, 1.54) is 6.07 Å². The van der Waals surface area contributed by atoms with Crippen LogP contribution < -0.4 is 4.74 Å². The van der Waals surface area contributed by atoms with Gasteiger partial charge in [0.05, 0.1) is 12.0 Å². The highest BCUT2D eigenvalue weighted by Gasteiger charge is 2.18. The first-order valence-corrected chi connectivity index (χ1v) is 7.51. The minimum atomic E-state index is -0.415. The predicted octanol–water partition coefficient (Wildman–Crippen LogP) is 3.69. The Morgan fingerprint density at radius 3 is 2.39 bits per heavy atom. The van der Waals surface area contributed by atoms with Crippen molar-refractivity contribution >= 4 is 11.8 Å². The molecule has 4 heteroatoms. The van der Waals surface area contributed by atoms with E-state index in [1.807, 2.05) is 30.3 Å². The van der Waals surface area contributed by atoms with Gasteiger partial charge in [0.1, 0.15) is 11.5 Å². The minimum absolute atomic E-state index is 0.146. The molecular weight excluding hydrogens is 292 g/mol. The Morgan fingerprint density at radius 1 is 1.13 bits per heavy atom. The molecule has 0 spiro atoms. The molecule has 23 heavy (non-hydrogen) atoms. The fourth-order valence-corrected chi connectivity index (χ4v) is 2.22. The molecule has 0 bridgehead atoms. The first kappa shape index (κ1) is 16.7. The first-order valence-electron chi connectivity index (χ1n) is 7.51. The summed E-state index contributed by atoms with van der Waals surface area (Å²) in [6.45, 7) is 5.28. The van der Waals surface area contributed by atoms with Gasteiger partial charge in [-0.1, -0.05) is 44.2 Å². The normalized spacial score (nSPS) is 10.6. The summed E-state index contributed by atoms with van der Waals surface area (Å²) in [6, 6.07) is 12.2. The summed E-state index contributed by atoms with van der Waals surface area (Å²) < 4.78 is 5.31. The van der Waals surface area contributed by atoms with Gasteiger partial charge in [-0.2, -0.15) is 0 Å². The topological polar surface area (TPSA) is 63.6 Å². The Kier molecular flexibility index (Phi) is 5.16. The van der Waals surface area contributed by atoms with Crippen molar-refractivity contribution in [2.75, 3.05) is 0 Å². The Hall–Kier alpha value is -2.62. The highest BCUT2D eigenvalue weighted by Crippen LogP contribution is 2.29. The van der Waals surface area contributed by atoms with E-state index in [0.717, 1.165) is 5.56 Å². The molecule has 0 unspecified atom stereocenters. The zero-order chi connectivity index (χ0) is 17.0. The molecule has 0 fully saturated rings. The number of carbonyl (C=O) groups is 2.